The maximum absolute atomic E-state index is 11.6. The highest BCUT2D eigenvalue weighted by Crippen LogP contribution is 2.01. The number of nitrogens with zero attached hydrogens (tertiary/aromatic N) is 1. The number of hydrogen-bond acceptors (Lipinski definition) is 2. The minimum atomic E-state index is 0.151. The van der Waals surface area contributed by atoms with E-state index in [9.17, 15) is 4.79 Å². The van der Waals surface area contributed by atoms with Crippen molar-refractivity contribution in [2.24, 2.45) is 5.73 Å². The first-order chi connectivity index (χ1) is 6.76. The smallest absolute Gasteiger partial charge is 0.223 e. The molecule has 0 aliphatic carbocycles. The minimum Gasteiger partial charge on any atom is -0.332 e. The SMILES string of the molecule is C#CCN(CCC)C(=O)CCCCN. The Morgan fingerprint density at radius 1 is 1.50 bits per heavy atom. The third-order valence-electron chi connectivity index (χ3n) is 1.97. The van der Waals surface area contributed by atoms with Gasteiger partial charge < -0.3 is 10.6 Å². The molecule has 0 saturated carbocycles. The molecule has 3 nitrogen and oxygen atoms in total. The van der Waals surface area contributed by atoms with Crippen molar-refractivity contribution in [3.8, 4) is 12.3 Å². The van der Waals surface area contributed by atoms with Crippen LogP contribution in [0.1, 0.15) is 32.6 Å². The predicted octanol–water partition coefficient (Wildman–Crippen LogP) is 0.987. The Balaban J connectivity index is 3.83. The van der Waals surface area contributed by atoms with Gasteiger partial charge in [0, 0.05) is 13.0 Å². The zero-order valence-corrected chi connectivity index (χ0v) is 8.96. The first-order valence-corrected chi connectivity index (χ1v) is 5.17. The normalized spacial score (nSPS) is 9.50. The monoisotopic (exact) mass is 196 g/mol. The molecule has 1 amide bonds. The van der Waals surface area contributed by atoms with Gasteiger partial charge in [0.1, 0.15) is 0 Å². The second-order valence-electron chi connectivity index (χ2n) is 3.27. The Morgan fingerprint density at radius 3 is 2.71 bits per heavy atom. The van der Waals surface area contributed by atoms with E-state index in [1.807, 2.05) is 6.92 Å². The lowest BCUT2D eigenvalue weighted by atomic mass is 10.2. The summed E-state index contributed by atoms with van der Waals surface area (Å²) in [4.78, 5) is 13.3. The van der Waals surface area contributed by atoms with E-state index >= 15 is 0 Å². The van der Waals surface area contributed by atoms with Crippen LogP contribution in [0.4, 0.5) is 0 Å². The Labute approximate surface area is 86.6 Å². The fraction of sp³-hybridized carbons (Fsp3) is 0.727. The predicted molar refractivity (Wildman–Crippen MR) is 58.6 cm³/mol. The molecule has 3 heteroatoms. The van der Waals surface area contributed by atoms with Crippen LogP contribution in [0.25, 0.3) is 0 Å². The number of carbonyl (C=O) groups is 1. The number of hydrogen-bond donors (Lipinski definition) is 1. The average Bonchev–Trinajstić information content (AvgIpc) is 2.18. The van der Waals surface area contributed by atoms with E-state index in [0.717, 1.165) is 25.8 Å². The largest absolute Gasteiger partial charge is 0.332 e. The second kappa shape index (κ2) is 8.58. The third-order valence-corrected chi connectivity index (χ3v) is 1.97. The highest BCUT2D eigenvalue weighted by atomic mass is 16.2. The standard InChI is InChI=1S/C11H20N2O/c1-3-9-13(10-4-2)11(14)7-5-6-8-12/h1H,4-10,12H2,2H3. The fourth-order valence-corrected chi connectivity index (χ4v) is 1.25. The molecule has 0 heterocycles. The van der Waals surface area contributed by atoms with Crippen molar-refractivity contribution >= 4 is 5.91 Å². The summed E-state index contributed by atoms with van der Waals surface area (Å²) >= 11 is 0. The van der Waals surface area contributed by atoms with Crippen molar-refractivity contribution in [3.05, 3.63) is 0 Å². The summed E-state index contributed by atoms with van der Waals surface area (Å²) < 4.78 is 0. The van der Waals surface area contributed by atoms with Crippen molar-refractivity contribution in [1.29, 1.82) is 0 Å². The van der Waals surface area contributed by atoms with Gasteiger partial charge in [-0.15, -0.1) is 6.42 Å². The van der Waals surface area contributed by atoms with E-state index in [0.29, 0.717) is 19.5 Å². The molecular weight excluding hydrogens is 176 g/mol. The summed E-state index contributed by atoms with van der Waals surface area (Å²) in [5.74, 6) is 2.66. The van der Waals surface area contributed by atoms with Gasteiger partial charge in [0.25, 0.3) is 0 Å². The van der Waals surface area contributed by atoms with Gasteiger partial charge in [-0.3, -0.25) is 4.79 Å². The van der Waals surface area contributed by atoms with Crippen LogP contribution in [0.5, 0.6) is 0 Å². The van der Waals surface area contributed by atoms with E-state index in [-0.39, 0.29) is 5.91 Å². The van der Waals surface area contributed by atoms with E-state index in [1.165, 1.54) is 0 Å². The molecule has 0 spiro atoms. The highest BCUT2D eigenvalue weighted by Gasteiger charge is 2.09. The lowest BCUT2D eigenvalue weighted by Crippen LogP contribution is -2.31. The van der Waals surface area contributed by atoms with Gasteiger partial charge in [-0.05, 0) is 25.8 Å². The summed E-state index contributed by atoms with van der Waals surface area (Å²) in [6, 6.07) is 0. The Bertz CT molecular complexity index is 196. The van der Waals surface area contributed by atoms with Crippen LogP contribution in [-0.4, -0.2) is 30.4 Å². The molecule has 0 aliphatic rings. The molecular formula is C11H20N2O. The lowest BCUT2D eigenvalue weighted by molar-refractivity contribution is -0.130. The summed E-state index contributed by atoms with van der Waals surface area (Å²) in [5, 5.41) is 0. The first-order valence-electron chi connectivity index (χ1n) is 5.17. The third kappa shape index (κ3) is 5.60. The highest BCUT2D eigenvalue weighted by molar-refractivity contribution is 5.76. The summed E-state index contributed by atoms with van der Waals surface area (Å²) in [6.07, 6.45) is 8.47. The molecule has 0 saturated heterocycles. The van der Waals surface area contributed by atoms with Gasteiger partial charge in [-0.2, -0.15) is 0 Å². The van der Waals surface area contributed by atoms with Crippen LogP contribution < -0.4 is 5.73 Å². The summed E-state index contributed by atoms with van der Waals surface area (Å²) in [5.41, 5.74) is 5.35. The van der Waals surface area contributed by atoms with Crippen LogP contribution in [0.15, 0.2) is 0 Å². The van der Waals surface area contributed by atoms with Crippen molar-refractivity contribution < 1.29 is 4.79 Å². The van der Waals surface area contributed by atoms with E-state index in [4.69, 9.17) is 12.2 Å². The molecule has 0 aliphatic heterocycles. The van der Waals surface area contributed by atoms with Crippen LogP contribution >= 0.6 is 0 Å². The topological polar surface area (TPSA) is 46.3 Å². The summed E-state index contributed by atoms with van der Waals surface area (Å²) in [7, 11) is 0. The van der Waals surface area contributed by atoms with Gasteiger partial charge >= 0.3 is 0 Å². The van der Waals surface area contributed by atoms with E-state index < -0.39 is 0 Å². The Morgan fingerprint density at radius 2 is 2.21 bits per heavy atom. The molecule has 0 unspecified atom stereocenters. The molecule has 0 aromatic rings. The number of rotatable bonds is 7. The quantitative estimate of drug-likeness (QED) is 0.487. The number of terminal acetylenes is 1. The van der Waals surface area contributed by atoms with Gasteiger partial charge in [-0.1, -0.05) is 12.8 Å². The Hall–Kier alpha value is -1.01. The zero-order chi connectivity index (χ0) is 10.8. The maximum Gasteiger partial charge on any atom is 0.223 e. The molecule has 14 heavy (non-hydrogen) atoms. The zero-order valence-electron chi connectivity index (χ0n) is 8.96. The molecule has 2 N–H and O–H groups in total. The van der Waals surface area contributed by atoms with E-state index in [2.05, 4.69) is 5.92 Å². The lowest BCUT2D eigenvalue weighted by Gasteiger charge is -2.19. The Kier molecular flexibility index (Phi) is 7.96. The molecule has 80 valence electrons. The van der Waals surface area contributed by atoms with Crippen LogP contribution in [0.3, 0.4) is 0 Å². The molecule has 0 radical (unpaired) electrons. The molecule has 0 bridgehead atoms. The number of amides is 1. The van der Waals surface area contributed by atoms with Gasteiger partial charge in [-0.25, -0.2) is 0 Å². The summed E-state index contributed by atoms with van der Waals surface area (Å²) in [6.45, 7) is 3.87. The van der Waals surface area contributed by atoms with Gasteiger partial charge in [0.05, 0.1) is 6.54 Å². The molecule has 0 fully saturated rings. The second-order valence-corrected chi connectivity index (χ2v) is 3.27. The van der Waals surface area contributed by atoms with Crippen molar-refractivity contribution in [3.63, 3.8) is 0 Å². The average molecular weight is 196 g/mol. The van der Waals surface area contributed by atoms with Crippen molar-refractivity contribution in [2.45, 2.75) is 32.6 Å². The number of carbonyl (C=O) groups excluding carboxylic acids is 1. The molecule has 0 rings (SSSR count). The molecule has 0 aromatic carbocycles. The molecule has 0 aromatic heterocycles. The van der Waals surface area contributed by atoms with E-state index in [1.54, 1.807) is 4.90 Å². The maximum atomic E-state index is 11.6. The first kappa shape index (κ1) is 13.0. The van der Waals surface area contributed by atoms with Crippen LogP contribution in [-0.2, 0) is 4.79 Å². The minimum absolute atomic E-state index is 0.151. The number of unbranched alkanes of at least 4 members (excludes halogenated alkanes) is 1. The number of nitrogens with two attached hydrogens (primary N) is 1. The van der Waals surface area contributed by atoms with Crippen LogP contribution in [0, 0.1) is 12.3 Å². The van der Waals surface area contributed by atoms with Gasteiger partial charge in [0.2, 0.25) is 5.91 Å². The van der Waals surface area contributed by atoms with Gasteiger partial charge in [0.15, 0.2) is 0 Å². The van der Waals surface area contributed by atoms with Crippen molar-refractivity contribution in [2.75, 3.05) is 19.6 Å². The van der Waals surface area contributed by atoms with Crippen molar-refractivity contribution in [1.82, 2.24) is 4.90 Å². The van der Waals surface area contributed by atoms with Crippen LogP contribution in [0.2, 0.25) is 0 Å². The fourth-order valence-electron chi connectivity index (χ4n) is 1.25. The molecule has 0 atom stereocenters.